The van der Waals surface area contributed by atoms with Gasteiger partial charge in [0.1, 0.15) is 5.75 Å². The molecule has 0 spiro atoms. The van der Waals surface area contributed by atoms with E-state index >= 15 is 0 Å². The second kappa shape index (κ2) is 7.46. The Morgan fingerprint density at radius 1 is 1.26 bits per heavy atom. The molecule has 0 aromatic heterocycles. The Morgan fingerprint density at radius 3 is 2.42 bits per heavy atom. The van der Waals surface area contributed by atoms with Crippen molar-refractivity contribution in [1.82, 2.24) is 0 Å². The predicted molar refractivity (Wildman–Crippen MR) is 73.0 cm³/mol. The van der Waals surface area contributed by atoms with Crippen molar-refractivity contribution < 1.29 is 19.0 Å². The molecule has 0 aliphatic carbocycles. The number of allylic oxidation sites excluding steroid dienone is 1. The second-order valence-electron chi connectivity index (χ2n) is 4.29. The fraction of sp³-hybridized carbons (Fsp3) is 0.400. The van der Waals surface area contributed by atoms with E-state index in [1.807, 2.05) is 31.2 Å². The summed E-state index contributed by atoms with van der Waals surface area (Å²) >= 11 is 0. The molecule has 1 aromatic rings. The van der Waals surface area contributed by atoms with Gasteiger partial charge in [-0.15, -0.1) is 0 Å². The van der Waals surface area contributed by atoms with Crippen LogP contribution in [0.4, 0.5) is 0 Å². The first kappa shape index (κ1) is 15.1. The average Bonchev–Trinajstić information content (AvgIpc) is 2.44. The van der Waals surface area contributed by atoms with Gasteiger partial charge < -0.3 is 14.2 Å². The second-order valence-corrected chi connectivity index (χ2v) is 4.29. The molecular formula is C15H20O4. The zero-order valence-corrected chi connectivity index (χ0v) is 11.8. The Kier molecular flexibility index (Phi) is 5.93. The lowest BCUT2D eigenvalue weighted by Gasteiger charge is -2.10. The van der Waals surface area contributed by atoms with Crippen LogP contribution in [-0.2, 0) is 20.7 Å². The zero-order chi connectivity index (χ0) is 14.3. The Hall–Kier alpha value is -1.97. The summed E-state index contributed by atoms with van der Waals surface area (Å²) in [6.07, 6.45) is 1.78. The van der Waals surface area contributed by atoms with Crippen LogP contribution in [0.15, 0.2) is 36.1 Å². The molecule has 0 fully saturated rings. The average molecular weight is 264 g/mol. The molecule has 1 unspecified atom stereocenters. The van der Waals surface area contributed by atoms with Crippen molar-refractivity contribution in [3.05, 3.63) is 41.7 Å². The summed E-state index contributed by atoms with van der Waals surface area (Å²) in [4.78, 5) is 11.2. The highest BCUT2D eigenvalue weighted by Crippen LogP contribution is 2.14. The van der Waals surface area contributed by atoms with Crippen LogP contribution in [0.25, 0.3) is 0 Å². The molecule has 0 aliphatic heterocycles. The molecule has 0 saturated heterocycles. The van der Waals surface area contributed by atoms with Gasteiger partial charge in [-0.05, 0) is 43.5 Å². The molecule has 0 bridgehead atoms. The molecule has 0 N–H and O–H groups in total. The minimum Gasteiger partial charge on any atom is -0.497 e. The van der Waals surface area contributed by atoms with Gasteiger partial charge in [0.05, 0.1) is 20.5 Å². The van der Waals surface area contributed by atoms with Gasteiger partial charge in [-0.1, -0.05) is 12.1 Å². The SMILES string of the molecule is COC(=O)C(C)OC=C(C)Cc1ccc(OC)cc1. The van der Waals surface area contributed by atoms with Crippen LogP contribution >= 0.6 is 0 Å². The van der Waals surface area contributed by atoms with Crippen LogP contribution in [0.1, 0.15) is 19.4 Å². The quantitative estimate of drug-likeness (QED) is 0.585. The Labute approximate surface area is 114 Å². The summed E-state index contributed by atoms with van der Waals surface area (Å²) in [6, 6.07) is 7.83. The fourth-order valence-corrected chi connectivity index (χ4v) is 1.55. The number of carbonyl (C=O) groups excluding carboxylic acids is 1. The summed E-state index contributed by atoms with van der Waals surface area (Å²) in [5, 5.41) is 0. The number of methoxy groups -OCH3 is 2. The van der Waals surface area contributed by atoms with E-state index in [0.717, 1.165) is 23.3 Å². The molecule has 4 nitrogen and oxygen atoms in total. The van der Waals surface area contributed by atoms with Crippen molar-refractivity contribution >= 4 is 5.97 Å². The number of rotatable bonds is 6. The molecule has 1 aromatic carbocycles. The molecule has 104 valence electrons. The van der Waals surface area contributed by atoms with Gasteiger partial charge in [0.15, 0.2) is 6.10 Å². The lowest BCUT2D eigenvalue weighted by Crippen LogP contribution is -2.19. The van der Waals surface area contributed by atoms with Crippen LogP contribution in [0, 0.1) is 0 Å². The highest BCUT2D eigenvalue weighted by atomic mass is 16.6. The number of esters is 1. The van der Waals surface area contributed by atoms with Gasteiger partial charge >= 0.3 is 5.97 Å². The molecular weight excluding hydrogens is 244 g/mol. The lowest BCUT2D eigenvalue weighted by atomic mass is 10.1. The minimum absolute atomic E-state index is 0.381. The van der Waals surface area contributed by atoms with E-state index in [0.29, 0.717) is 0 Å². The third-order valence-electron chi connectivity index (χ3n) is 2.65. The van der Waals surface area contributed by atoms with Crippen molar-refractivity contribution in [3.63, 3.8) is 0 Å². The topological polar surface area (TPSA) is 44.8 Å². The maximum absolute atomic E-state index is 11.2. The van der Waals surface area contributed by atoms with Crippen molar-refractivity contribution in [1.29, 1.82) is 0 Å². The van der Waals surface area contributed by atoms with E-state index in [1.165, 1.54) is 7.11 Å². The Balaban J connectivity index is 2.53. The molecule has 1 atom stereocenters. The molecule has 0 radical (unpaired) electrons. The highest BCUT2D eigenvalue weighted by molar-refractivity contribution is 5.74. The normalized spacial score (nSPS) is 12.7. The molecule has 19 heavy (non-hydrogen) atoms. The third-order valence-corrected chi connectivity index (χ3v) is 2.65. The molecule has 0 saturated carbocycles. The molecule has 0 heterocycles. The van der Waals surface area contributed by atoms with Crippen molar-refractivity contribution in [3.8, 4) is 5.75 Å². The predicted octanol–water partition coefficient (Wildman–Crippen LogP) is 2.72. The number of ether oxygens (including phenoxy) is 3. The maximum atomic E-state index is 11.2. The summed E-state index contributed by atoms with van der Waals surface area (Å²) in [7, 11) is 2.98. The van der Waals surface area contributed by atoms with Crippen molar-refractivity contribution in [2.75, 3.05) is 14.2 Å². The van der Waals surface area contributed by atoms with Gasteiger partial charge in [0.2, 0.25) is 0 Å². The van der Waals surface area contributed by atoms with E-state index in [2.05, 4.69) is 4.74 Å². The van der Waals surface area contributed by atoms with Crippen LogP contribution in [0.5, 0.6) is 5.75 Å². The number of hydrogen-bond donors (Lipinski definition) is 0. The maximum Gasteiger partial charge on any atom is 0.346 e. The highest BCUT2D eigenvalue weighted by Gasteiger charge is 2.12. The summed E-state index contributed by atoms with van der Waals surface area (Å²) < 4.78 is 15.0. The number of carbonyl (C=O) groups is 1. The first-order chi connectivity index (χ1) is 9.06. The molecule has 0 aliphatic rings. The smallest absolute Gasteiger partial charge is 0.346 e. The number of hydrogen-bond acceptors (Lipinski definition) is 4. The minimum atomic E-state index is -0.587. The van der Waals surface area contributed by atoms with E-state index in [9.17, 15) is 4.79 Å². The fourth-order valence-electron chi connectivity index (χ4n) is 1.55. The zero-order valence-electron chi connectivity index (χ0n) is 11.8. The van der Waals surface area contributed by atoms with Gasteiger partial charge in [-0.2, -0.15) is 0 Å². The van der Waals surface area contributed by atoms with E-state index in [-0.39, 0.29) is 5.97 Å². The molecule has 0 amide bonds. The van der Waals surface area contributed by atoms with Gasteiger partial charge in [-0.25, -0.2) is 4.79 Å². The van der Waals surface area contributed by atoms with Crippen LogP contribution in [0.3, 0.4) is 0 Å². The monoisotopic (exact) mass is 264 g/mol. The first-order valence-corrected chi connectivity index (χ1v) is 6.08. The lowest BCUT2D eigenvalue weighted by molar-refractivity contribution is -0.149. The molecule has 1 rings (SSSR count). The first-order valence-electron chi connectivity index (χ1n) is 6.08. The third kappa shape index (κ3) is 5.04. The van der Waals surface area contributed by atoms with E-state index in [4.69, 9.17) is 9.47 Å². The van der Waals surface area contributed by atoms with E-state index < -0.39 is 6.10 Å². The van der Waals surface area contributed by atoms with Crippen LogP contribution in [0.2, 0.25) is 0 Å². The number of benzene rings is 1. The summed E-state index contributed by atoms with van der Waals surface area (Å²) in [6.45, 7) is 3.61. The summed E-state index contributed by atoms with van der Waals surface area (Å²) in [5.74, 6) is 0.453. The largest absolute Gasteiger partial charge is 0.497 e. The van der Waals surface area contributed by atoms with Gasteiger partial charge in [-0.3, -0.25) is 0 Å². The van der Waals surface area contributed by atoms with Crippen LogP contribution < -0.4 is 4.74 Å². The van der Waals surface area contributed by atoms with Crippen molar-refractivity contribution in [2.45, 2.75) is 26.4 Å². The van der Waals surface area contributed by atoms with Gasteiger partial charge in [0.25, 0.3) is 0 Å². The standard InChI is InChI=1S/C15H20O4/c1-11(10-19-12(2)15(16)18-4)9-13-5-7-14(17-3)8-6-13/h5-8,10,12H,9H2,1-4H3. The Bertz CT molecular complexity index is 434. The van der Waals surface area contributed by atoms with Crippen molar-refractivity contribution in [2.24, 2.45) is 0 Å². The summed E-state index contributed by atoms with van der Waals surface area (Å²) in [5.41, 5.74) is 2.18. The van der Waals surface area contributed by atoms with Gasteiger partial charge in [0, 0.05) is 0 Å². The molecule has 4 heteroatoms. The Morgan fingerprint density at radius 2 is 1.89 bits per heavy atom. The van der Waals surface area contributed by atoms with E-state index in [1.54, 1.807) is 20.3 Å². The van der Waals surface area contributed by atoms with Crippen LogP contribution in [-0.4, -0.2) is 26.3 Å².